The molecule has 2 aromatic rings. The molecule has 0 atom stereocenters. The van der Waals surface area contributed by atoms with Crippen LogP contribution in [0.2, 0.25) is 0 Å². The average Bonchev–Trinajstić information content (AvgIpc) is 2.38. The van der Waals surface area contributed by atoms with Crippen molar-refractivity contribution in [3.8, 4) is 6.07 Å². The monoisotopic (exact) mass is 264 g/mol. The van der Waals surface area contributed by atoms with Gasteiger partial charge in [0, 0.05) is 11.4 Å². The molecule has 0 radical (unpaired) electrons. The summed E-state index contributed by atoms with van der Waals surface area (Å²) in [5.74, 6) is 0. The molecule has 2 heteroatoms. The molecule has 0 bridgehead atoms. The van der Waals surface area contributed by atoms with Crippen LogP contribution >= 0.6 is 0 Å². The number of hydrogen-bond acceptors (Lipinski definition) is 2. The predicted molar refractivity (Wildman–Crippen MR) is 84.3 cm³/mol. The normalized spacial score (nSPS) is 10.9. The number of nitrogens with zero attached hydrogens (tertiary/aromatic N) is 1. The van der Waals surface area contributed by atoms with Gasteiger partial charge in [-0.1, -0.05) is 32.9 Å². The third-order valence-corrected chi connectivity index (χ3v) is 3.39. The lowest BCUT2D eigenvalue weighted by Gasteiger charge is -2.19. The number of benzene rings is 2. The largest absolute Gasteiger partial charge is 0.356 e. The third-order valence-electron chi connectivity index (χ3n) is 3.39. The van der Waals surface area contributed by atoms with Crippen molar-refractivity contribution in [1.82, 2.24) is 0 Å². The molecule has 0 aliphatic rings. The van der Waals surface area contributed by atoms with Crippen molar-refractivity contribution in [2.24, 2.45) is 0 Å². The Morgan fingerprint density at radius 2 is 1.55 bits per heavy atom. The Kier molecular flexibility index (Phi) is 3.81. The van der Waals surface area contributed by atoms with Gasteiger partial charge in [-0.25, -0.2) is 0 Å². The molecule has 2 nitrogen and oxygen atoms in total. The van der Waals surface area contributed by atoms with Gasteiger partial charge in [0.15, 0.2) is 0 Å². The first-order valence-electron chi connectivity index (χ1n) is 6.78. The molecule has 0 aromatic heterocycles. The molecule has 0 saturated carbocycles. The van der Waals surface area contributed by atoms with Crippen LogP contribution in [-0.2, 0) is 5.41 Å². The summed E-state index contributed by atoms with van der Waals surface area (Å²) in [4.78, 5) is 0. The van der Waals surface area contributed by atoms with Crippen molar-refractivity contribution in [3.05, 3.63) is 59.2 Å². The smallest absolute Gasteiger partial charge is 0.0994 e. The summed E-state index contributed by atoms with van der Waals surface area (Å²) in [5, 5.41) is 12.3. The minimum atomic E-state index is 0.170. The quantitative estimate of drug-likeness (QED) is 0.836. The fourth-order valence-electron chi connectivity index (χ4n) is 2.09. The summed E-state index contributed by atoms with van der Waals surface area (Å²) >= 11 is 0. The Morgan fingerprint density at radius 3 is 2.05 bits per heavy atom. The van der Waals surface area contributed by atoms with Crippen LogP contribution in [0, 0.1) is 18.3 Å². The van der Waals surface area contributed by atoms with Crippen LogP contribution in [-0.4, -0.2) is 0 Å². The zero-order chi connectivity index (χ0) is 14.8. The van der Waals surface area contributed by atoms with Crippen molar-refractivity contribution >= 4 is 11.4 Å². The molecule has 2 rings (SSSR count). The molecule has 0 fully saturated rings. The van der Waals surface area contributed by atoms with E-state index in [4.69, 9.17) is 5.26 Å². The maximum absolute atomic E-state index is 8.94. The van der Waals surface area contributed by atoms with Crippen LogP contribution in [0.15, 0.2) is 42.5 Å². The first-order chi connectivity index (χ1) is 9.40. The highest BCUT2D eigenvalue weighted by atomic mass is 14.9. The number of hydrogen-bond donors (Lipinski definition) is 1. The molecule has 0 aliphatic heterocycles. The number of rotatable bonds is 2. The van der Waals surface area contributed by atoms with Crippen molar-refractivity contribution < 1.29 is 0 Å². The van der Waals surface area contributed by atoms with E-state index < -0.39 is 0 Å². The SMILES string of the molecule is Cc1cc(Nc2ccc(C(C)(C)C)cc2)ccc1C#N. The molecule has 20 heavy (non-hydrogen) atoms. The van der Waals surface area contributed by atoms with E-state index in [2.05, 4.69) is 56.4 Å². The zero-order valence-corrected chi connectivity index (χ0v) is 12.5. The molecule has 102 valence electrons. The molecule has 0 unspecified atom stereocenters. The predicted octanol–water partition coefficient (Wildman–Crippen LogP) is 4.91. The van der Waals surface area contributed by atoms with E-state index >= 15 is 0 Å². The second-order valence-electron chi connectivity index (χ2n) is 6.09. The standard InChI is InChI=1S/C18H20N2/c1-13-11-17(8-5-14(13)12-19)20-16-9-6-15(7-10-16)18(2,3)4/h5-11,20H,1-4H3. The van der Waals surface area contributed by atoms with Crippen LogP contribution in [0.1, 0.15) is 37.5 Å². The molecular formula is C18H20N2. The van der Waals surface area contributed by atoms with Crippen molar-refractivity contribution in [2.75, 3.05) is 5.32 Å². The fourth-order valence-corrected chi connectivity index (χ4v) is 2.09. The van der Waals surface area contributed by atoms with Crippen molar-refractivity contribution in [2.45, 2.75) is 33.1 Å². The van der Waals surface area contributed by atoms with Crippen LogP contribution < -0.4 is 5.32 Å². The Balaban J connectivity index is 2.19. The lowest BCUT2D eigenvalue weighted by molar-refractivity contribution is 0.590. The minimum Gasteiger partial charge on any atom is -0.356 e. The number of nitriles is 1. The maximum atomic E-state index is 8.94. The Hall–Kier alpha value is -2.27. The first-order valence-corrected chi connectivity index (χ1v) is 6.78. The lowest BCUT2D eigenvalue weighted by atomic mass is 9.87. The Labute approximate surface area is 121 Å². The highest BCUT2D eigenvalue weighted by Gasteiger charge is 2.12. The molecule has 0 amide bonds. The summed E-state index contributed by atoms with van der Waals surface area (Å²) in [6.07, 6.45) is 0. The number of aryl methyl sites for hydroxylation is 1. The van der Waals surface area contributed by atoms with E-state index in [-0.39, 0.29) is 5.41 Å². The summed E-state index contributed by atoms with van der Waals surface area (Å²) in [5.41, 5.74) is 5.26. The van der Waals surface area contributed by atoms with Gasteiger partial charge in [0.05, 0.1) is 11.6 Å². The van der Waals surface area contributed by atoms with E-state index in [0.717, 1.165) is 22.5 Å². The molecule has 0 heterocycles. The fraction of sp³-hybridized carbons (Fsp3) is 0.278. The van der Waals surface area contributed by atoms with Gasteiger partial charge in [0.2, 0.25) is 0 Å². The maximum Gasteiger partial charge on any atom is 0.0994 e. The van der Waals surface area contributed by atoms with Crippen LogP contribution in [0.4, 0.5) is 11.4 Å². The second-order valence-corrected chi connectivity index (χ2v) is 6.09. The second kappa shape index (κ2) is 5.38. The Bertz CT molecular complexity index is 641. The highest BCUT2D eigenvalue weighted by Crippen LogP contribution is 2.25. The van der Waals surface area contributed by atoms with Gasteiger partial charge in [0.25, 0.3) is 0 Å². The zero-order valence-electron chi connectivity index (χ0n) is 12.5. The average molecular weight is 264 g/mol. The van der Waals surface area contributed by atoms with E-state index in [0.29, 0.717) is 0 Å². The number of nitrogens with one attached hydrogen (secondary N) is 1. The van der Waals surface area contributed by atoms with Crippen molar-refractivity contribution in [3.63, 3.8) is 0 Å². The van der Waals surface area contributed by atoms with E-state index in [1.54, 1.807) is 0 Å². The van der Waals surface area contributed by atoms with Gasteiger partial charge in [-0.3, -0.25) is 0 Å². The molecule has 0 aliphatic carbocycles. The van der Waals surface area contributed by atoms with Gasteiger partial charge in [0.1, 0.15) is 0 Å². The Morgan fingerprint density at radius 1 is 0.950 bits per heavy atom. The van der Waals surface area contributed by atoms with Gasteiger partial charge in [-0.05, 0) is 53.8 Å². The first kappa shape index (κ1) is 14.1. The molecular weight excluding hydrogens is 244 g/mol. The summed E-state index contributed by atoms with van der Waals surface area (Å²) < 4.78 is 0. The van der Waals surface area contributed by atoms with Gasteiger partial charge >= 0.3 is 0 Å². The van der Waals surface area contributed by atoms with Gasteiger partial charge in [-0.15, -0.1) is 0 Å². The van der Waals surface area contributed by atoms with Crippen LogP contribution in [0.5, 0.6) is 0 Å². The van der Waals surface area contributed by atoms with E-state index in [9.17, 15) is 0 Å². The molecule has 1 N–H and O–H groups in total. The summed E-state index contributed by atoms with van der Waals surface area (Å²) in [6, 6.07) is 16.4. The van der Waals surface area contributed by atoms with Gasteiger partial charge < -0.3 is 5.32 Å². The highest BCUT2D eigenvalue weighted by molar-refractivity contribution is 5.62. The van der Waals surface area contributed by atoms with Crippen LogP contribution in [0.3, 0.4) is 0 Å². The van der Waals surface area contributed by atoms with Crippen LogP contribution in [0.25, 0.3) is 0 Å². The van der Waals surface area contributed by atoms with E-state index in [1.807, 2.05) is 25.1 Å². The topological polar surface area (TPSA) is 35.8 Å². The summed E-state index contributed by atoms with van der Waals surface area (Å²) in [6.45, 7) is 8.57. The molecule has 0 saturated heterocycles. The third kappa shape index (κ3) is 3.19. The van der Waals surface area contributed by atoms with Crippen molar-refractivity contribution in [1.29, 1.82) is 5.26 Å². The number of anilines is 2. The molecule has 2 aromatic carbocycles. The molecule has 0 spiro atoms. The minimum absolute atomic E-state index is 0.170. The van der Waals surface area contributed by atoms with Gasteiger partial charge in [-0.2, -0.15) is 5.26 Å². The lowest BCUT2D eigenvalue weighted by Crippen LogP contribution is -2.10. The van der Waals surface area contributed by atoms with E-state index in [1.165, 1.54) is 5.56 Å². The summed E-state index contributed by atoms with van der Waals surface area (Å²) in [7, 11) is 0.